The maximum absolute atomic E-state index is 12.7. The summed E-state index contributed by atoms with van der Waals surface area (Å²) in [6.45, 7) is 7.34. The van der Waals surface area contributed by atoms with Crippen molar-refractivity contribution in [1.82, 2.24) is 0 Å². The van der Waals surface area contributed by atoms with Gasteiger partial charge < -0.3 is 9.47 Å². The van der Waals surface area contributed by atoms with Crippen molar-refractivity contribution >= 4 is 40.9 Å². The molecule has 0 aromatic heterocycles. The normalized spacial score (nSPS) is 19.8. The monoisotopic (exact) mass is 397 g/mol. The van der Waals surface area contributed by atoms with E-state index in [4.69, 9.17) is 32.7 Å². The largest absolute Gasteiger partial charge is 0.465 e. The Kier molecular flexibility index (Phi) is 6.84. The lowest BCUT2D eigenvalue weighted by molar-refractivity contribution is -0.146. The van der Waals surface area contributed by atoms with Gasteiger partial charge in [0.2, 0.25) is 0 Å². The summed E-state index contributed by atoms with van der Waals surface area (Å²) in [7, 11) is 0. The molecule has 1 heterocycles. The molecule has 1 aliphatic heterocycles. The van der Waals surface area contributed by atoms with Crippen LogP contribution in [0.4, 0.5) is 0 Å². The standard InChI is InChI=1S/C19H21Cl2NO4/c1-5-25-18(23)15-10(3)22-11(4)16(19(24)26-6-2)17(15)13-8-7-12(20)9-14(13)21/h7-9,15,17H,5-6H2,1-4H3. The predicted molar refractivity (Wildman–Crippen MR) is 102 cm³/mol. The first-order chi connectivity index (χ1) is 12.3. The van der Waals surface area contributed by atoms with Crippen molar-refractivity contribution in [3.63, 3.8) is 0 Å². The molecule has 1 aliphatic rings. The number of aliphatic imine (C=N–C) groups is 1. The Hall–Kier alpha value is -1.85. The number of hydrogen-bond acceptors (Lipinski definition) is 5. The van der Waals surface area contributed by atoms with E-state index in [0.29, 0.717) is 32.6 Å². The molecule has 0 amide bonds. The highest BCUT2D eigenvalue weighted by molar-refractivity contribution is 6.35. The van der Waals surface area contributed by atoms with Crippen LogP contribution in [0.25, 0.3) is 0 Å². The molecule has 1 aromatic rings. The summed E-state index contributed by atoms with van der Waals surface area (Å²) < 4.78 is 10.4. The van der Waals surface area contributed by atoms with Crippen molar-refractivity contribution < 1.29 is 19.1 Å². The van der Waals surface area contributed by atoms with Gasteiger partial charge in [0.25, 0.3) is 0 Å². The van der Waals surface area contributed by atoms with Gasteiger partial charge in [-0.05, 0) is 45.4 Å². The van der Waals surface area contributed by atoms with E-state index >= 15 is 0 Å². The van der Waals surface area contributed by atoms with E-state index in [1.807, 2.05) is 0 Å². The molecule has 1 aromatic carbocycles. The fourth-order valence-electron chi connectivity index (χ4n) is 3.14. The van der Waals surface area contributed by atoms with Gasteiger partial charge in [0, 0.05) is 27.4 Å². The van der Waals surface area contributed by atoms with Crippen molar-refractivity contribution in [2.24, 2.45) is 10.9 Å². The molecule has 0 bridgehead atoms. The number of allylic oxidation sites excluding steroid dienone is 1. The second-order valence-electron chi connectivity index (χ2n) is 5.85. The van der Waals surface area contributed by atoms with Crippen LogP contribution in [0.15, 0.2) is 34.5 Å². The number of rotatable bonds is 5. The number of ether oxygens (including phenoxy) is 2. The Morgan fingerprint density at radius 3 is 2.35 bits per heavy atom. The first kappa shape index (κ1) is 20.5. The first-order valence-corrected chi connectivity index (χ1v) is 9.12. The average molecular weight is 398 g/mol. The highest BCUT2D eigenvalue weighted by Gasteiger charge is 2.43. The van der Waals surface area contributed by atoms with Crippen molar-refractivity contribution in [2.75, 3.05) is 13.2 Å². The summed E-state index contributed by atoms with van der Waals surface area (Å²) in [6, 6.07) is 4.97. The molecule has 0 saturated heterocycles. The van der Waals surface area contributed by atoms with Crippen LogP contribution in [-0.2, 0) is 19.1 Å². The molecule has 0 saturated carbocycles. The van der Waals surface area contributed by atoms with Gasteiger partial charge in [0.05, 0.1) is 18.8 Å². The van der Waals surface area contributed by atoms with Gasteiger partial charge in [0.1, 0.15) is 5.92 Å². The second-order valence-corrected chi connectivity index (χ2v) is 6.69. The van der Waals surface area contributed by atoms with E-state index in [1.54, 1.807) is 45.9 Å². The lowest BCUT2D eigenvalue weighted by Crippen LogP contribution is -2.36. The third-order valence-corrected chi connectivity index (χ3v) is 4.72. The quantitative estimate of drug-likeness (QED) is 0.682. The zero-order valence-corrected chi connectivity index (χ0v) is 16.6. The Bertz CT molecular complexity index is 786. The maximum Gasteiger partial charge on any atom is 0.336 e. The number of hydrogen-bond donors (Lipinski definition) is 0. The maximum atomic E-state index is 12.7. The molecule has 2 rings (SSSR count). The molecule has 0 spiro atoms. The zero-order valence-electron chi connectivity index (χ0n) is 15.1. The highest BCUT2D eigenvalue weighted by Crippen LogP contribution is 2.43. The molecule has 2 unspecified atom stereocenters. The Balaban J connectivity index is 2.67. The summed E-state index contributed by atoms with van der Waals surface area (Å²) in [6.07, 6.45) is 0. The fraction of sp³-hybridized carbons (Fsp3) is 0.421. The van der Waals surface area contributed by atoms with Crippen molar-refractivity contribution in [2.45, 2.75) is 33.6 Å². The van der Waals surface area contributed by atoms with Crippen LogP contribution in [0.2, 0.25) is 10.0 Å². The smallest absolute Gasteiger partial charge is 0.336 e. The number of esters is 2. The minimum atomic E-state index is -0.767. The zero-order chi connectivity index (χ0) is 19.4. The minimum Gasteiger partial charge on any atom is -0.465 e. The van der Waals surface area contributed by atoms with Gasteiger partial charge in [-0.2, -0.15) is 0 Å². The fourth-order valence-corrected chi connectivity index (χ4v) is 3.66. The topological polar surface area (TPSA) is 65.0 Å². The molecule has 26 heavy (non-hydrogen) atoms. The van der Waals surface area contributed by atoms with Gasteiger partial charge in [-0.15, -0.1) is 0 Å². The summed E-state index contributed by atoms with van der Waals surface area (Å²) in [5.41, 5.74) is 1.97. The number of benzene rings is 1. The number of halogens is 2. The first-order valence-electron chi connectivity index (χ1n) is 8.36. The van der Waals surface area contributed by atoms with Crippen molar-refractivity contribution in [1.29, 1.82) is 0 Å². The average Bonchev–Trinajstić information content (AvgIpc) is 2.54. The van der Waals surface area contributed by atoms with E-state index in [1.165, 1.54) is 0 Å². The highest BCUT2D eigenvalue weighted by atomic mass is 35.5. The Morgan fingerprint density at radius 1 is 1.12 bits per heavy atom. The van der Waals surface area contributed by atoms with Gasteiger partial charge in [-0.1, -0.05) is 29.3 Å². The van der Waals surface area contributed by atoms with Crippen LogP contribution in [0.1, 0.15) is 39.2 Å². The van der Waals surface area contributed by atoms with Crippen molar-refractivity contribution in [3.05, 3.63) is 45.1 Å². The lowest BCUT2D eigenvalue weighted by Gasteiger charge is -2.32. The van der Waals surface area contributed by atoms with E-state index < -0.39 is 23.8 Å². The van der Waals surface area contributed by atoms with Crippen LogP contribution in [-0.4, -0.2) is 30.9 Å². The van der Waals surface area contributed by atoms with Crippen LogP contribution in [0.5, 0.6) is 0 Å². The Labute approximate surface area is 163 Å². The van der Waals surface area contributed by atoms with E-state index in [2.05, 4.69) is 4.99 Å². The summed E-state index contributed by atoms with van der Waals surface area (Å²) in [5, 5.41) is 0.826. The SMILES string of the molecule is CCOC(=O)C1=C(C)N=C(C)C(C(=O)OCC)C1c1ccc(Cl)cc1Cl. The van der Waals surface area contributed by atoms with Crippen LogP contribution in [0.3, 0.4) is 0 Å². The summed E-state index contributed by atoms with van der Waals surface area (Å²) >= 11 is 12.4. The van der Waals surface area contributed by atoms with Crippen LogP contribution < -0.4 is 0 Å². The van der Waals surface area contributed by atoms with Crippen molar-refractivity contribution in [3.8, 4) is 0 Å². The lowest BCUT2D eigenvalue weighted by atomic mass is 9.75. The minimum absolute atomic E-state index is 0.212. The van der Waals surface area contributed by atoms with E-state index in [-0.39, 0.29) is 13.2 Å². The molecule has 2 atom stereocenters. The van der Waals surface area contributed by atoms with Gasteiger partial charge >= 0.3 is 11.9 Å². The molecular formula is C19H21Cl2NO4. The van der Waals surface area contributed by atoms with Gasteiger partial charge in [-0.3, -0.25) is 9.79 Å². The predicted octanol–water partition coefficient (Wildman–Crippen LogP) is 4.57. The second kappa shape index (κ2) is 8.69. The number of carbonyl (C=O) groups is 2. The third kappa shape index (κ3) is 4.10. The molecule has 0 N–H and O–H groups in total. The molecule has 0 fully saturated rings. The molecule has 5 nitrogen and oxygen atoms in total. The van der Waals surface area contributed by atoms with Crippen LogP contribution in [0, 0.1) is 5.92 Å². The van der Waals surface area contributed by atoms with E-state index in [0.717, 1.165) is 0 Å². The number of nitrogens with zero attached hydrogens (tertiary/aromatic N) is 1. The Morgan fingerprint density at radius 2 is 1.77 bits per heavy atom. The summed E-state index contributed by atoms with van der Waals surface area (Å²) in [5.74, 6) is -2.40. The molecule has 7 heteroatoms. The van der Waals surface area contributed by atoms with Gasteiger partial charge in [0.15, 0.2) is 0 Å². The summed E-state index contributed by atoms with van der Waals surface area (Å²) in [4.78, 5) is 29.7. The molecular weight excluding hydrogens is 377 g/mol. The third-order valence-electron chi connectivity index (χ3n) is 4.16. The number of carbonyl (C=O) groups excluding carboxylic acids is 2. The van der Waals surface area contributed by atoms with Gasteiger partial charge in [-0.25, -0.2) is 4.79 Å². The van der Waals surface area contributed by atoms with E-state index in [9.17, 15) is 9.59 Å². The molecule has 140 valence electrons. The molecule has 0 radical (unpaired) electrons. The van der Waals surface area contributed by atoms with Crippen LogP contribution >= 0.6 is 23.2 Å². The molecule has 0 aliphatic carbocycles.